The molecular formula is C21H26N4O6S. The van der Waals surface area contributed by atoms with Gasteiger partial charge in [-0.15, -0.1) is 0 Å². The van der Waals surface area contributed by atoms with Crippen molar-refractivity contribution in [3.8, 4) is 0 Å². The molecule has 1 fully saturated rings. The number of hydrogen-bond donors (Lipinski definition) is 1. The average molecular weight is 463 g/mol. The van der Waals surface area contributed by atoms with Gasteiger partial charge in [-0.2, -0.15) is 0 Å². The Hall–Kier alpha value is -3.02. The van der Waals surface area contributed by atoms with Crippen LogP contribution in [0.3, 0.4) is 0 Å². The molecule has 1 heterocycles. The van der Waals surface area contributed by atoms with Crippen LogP contribution in [-0.4, -0.2) is 63.3 Å². The maximum Gasteiger partial charge on any atom is 0.271 e. The van der Waals surface area contributed by atoms with E-state index in [1.165, 1.54) is 18.2 Å². The maximum atomic E-state index is 12.4. The van der Waals surface area contributed by atoms with Crippen LogP contribution in [0.4, 0.5) is 11.4 Å². The van der Waals surface area contributed by atoms with Gasteiger partial charge in [0.05, 0.1) is 30.1 Å². The molecular weight excluding hydrogens is 436 g/mol. The number of nitro groups is 1. The van der Waals surface area contributed by atoms with Gasteiger partial charge in [-0.3, -0.25) is 24.1 Å². The van der Waals surface area contributed by atoms with Crippen molar-refractivity contribution >= 4 is 27.3 Å². The molecule has 10 nitrogen and oxygen atoms in total. The van der Waals surface area contributed by atoms with Crippen LogP contribution in [0.5, 0.6) is 0 Å². The van der Waals surface area contributed by atoms with Crippen molar-refractivity contribution in [3.05, 3.63) is 69.8 Å². The molecule has 1 aliphatic heterocycles. The van der Waals surface area contributed by atoms with E-state index in [-0.39, 0.29) is 17.9 Å². The molecule has 1 aliphatic rings. The highest BCUT2D eigenvalue weighted by Crippen LogP contribution is 2.23. The average Bonchev–Trinajstić information content (AvgIpc) is 2.77. The van der Waals surface area contributed by atoms with Crippen LogP contribution in [0.1, 0.15) is 11.1 Å². The Morgan fingerprint density at radius 3 is 2.44 bits per heavy atom. The standard InChI is InChI=1S/C21H26N4O6S/c1-32(29,30)24(19-3-2-4-20(13-19)25(27)28)16-21(26)22-14-17-5-7-18(8-6-17)15-23-9-11-31-12-10-23/h2-8,13H,9-12,14-16H2,1H3,(H,22,26). The first-order valence-electron chi connectivity index (χ1n) is 10.1. The molecule has 1 saturated heterocycles. The maximum absolute atomic E-state index is 12.4. The van der Waals surface area contributed by atoms with Crippen LogP contribution in [-0.2, 0) is 32.6 Å². The quantitative estimate of drug-likeness (QED) is 0.443. The Bertz CT molecular complexity index is 1050. The first-order chi connectivity index (χ1) is 15.2. The minimum Gasteiger partial charge on any atom is -0.379 e. The van der Waals surface area contributed by atoms with Gasteiger partial charge in [0.15, 0.2) is 0 Å². The van der Waals surface area contributed by atoms with Gasteiger partial charge in [-0.1, -0.05) is 30.3 Å². The topological polar surface area (TPSA) is 122 Å². The summed E-state index contributed by atoms with van der Waals surface area (Å²) in [5.74, 6) is -0.515. The number of anilines is 1. The second-order valence-electron chi connectivity index (χ2n) is 7.53. The smallest absolute Gasteiger partial charge is 0.271 e. The van der Waals surface area contributed by atoms with Crippen LogP contribution in [0.2, 0.25) is 0 Å². The van der Waals surface area contributed by atoms with Crippen molar-refractivity contribution < 1.29 is 22.9 Å². The summed E-state index contributed by atoms with van der Waals surface area (Å²) in [7, 11) is -3.82. The molecule has 2 aromatic rings. The van der Waals surface area contributed by atoms with Gasteiger partial charge < -0.3 is 10.1 Å². The second-order valence-corrected chi connectivity index (χ2v) is 9.44. The lowest BCUT2D eigenvalue weighted by Gasteiger charge is -2.26. The Labute approximate surface area is 187 Å². The monoisotopic (exact) mass is 462 g/mol. The molecule has 0 spiro atoms. The zero-order valence-electron chi connectivity index (χ0n) is 17.8. The summed E-state index contributed by atoms with van der Waals surface area (Å²) in [4.78, 5) is 25.1. The summed E-state index contributed by atoms with van der Waals surface area (Å²) in [6.07, 6.45) is 0.951. The summed E-state index contributed by atoms with van der Waals surface area (Å²) >= 11 is 0. The van der Waals surface area contributed by atoms with E-state index in [1.807, 2.05) is 24.3 Å². The number of morpholine rings is 1. The number of rotatable bonds is 9. The summed E-state index contributed by atoms with van der Waals surface area (Å²) < 4.78 is 30.6. The number of benzene rings is 2. The van der Waals surface area contributed by atoms with Gasteiger partial charge in [0, 0.05) is 38.3 Å². The van der Waals surface area contributed by atoms with Gasteiger partial charge >= 0.3 is 0 Å². The molecule has 1 amide bonds. The van der Waals surface area contributed by atoms with Crippen LogP contribution in [0.25, 0.3) is 0 Å². The number of amides is 1. The van der Waals surface area contributed by atoms with Gasteiger partial charge in [-0.25, -0.2) is 8.42 Å². The number of nitrogens with one attached hydrogen (secondary N) is 1. The van der Waals surface area contributed by atoms with Gasteiger partial charge in [-0.05, 0) is 17.2 Å². The third-order valence-electron chi connectivity index (χ3n) is 5.04. The third-order valence-corrected chi connectivity index (χ3v) is 6.18. The number of nitro benzene ring substituents is 1. The number of nitrogens with zero attached hydrogens (tertiary/aromatic N) is 3. The fraction of sp³-hybridized carbons (Fsp3) is 0.381. The minimum absolute atomic E-state index is 0.0596. The molecule has 11 heteroatoms. The van der Waals surface area contributed by atoms with E-state index < -0.39 is 27.4 Å². The van der Waals surface area contributed by atoms with E-state index in [0.717, 1.165) is 60.6 Å². The highest BCUT2D eigenvalue weighted by molar-refractivity contribution is 7.92. The van der Waals surface area contributed by atoms with Crippen LogP contribution in [0, 0.1) is 10.1 Å². The first kappa shape index (κ1) is 23.6. The van der Waals surface area contributed by atoms with E-state index in [2.05, 4.69) is 10.2 Å². The van der Waals surface area contributed by atoms with E-state index in [9.17, 15) is 23.3 Å². The van der Waals surface area contributed by atoms with E-state index >= 15 is 0 Å². The molecule has 0 radical (unpaired) electrons. The number of ether oxygens (including phenoxy) is 1. The highest BCUT2D eigenvalue weighted by atomic mass is 32.2. The molecule has 172 valence electrons. The van der Waals surface area contributed by atoms with E-state index in [0.29, 0.717) is 0 Å². The summed E-state index contributed by atoms with van der Waals surface area (Å²) in [5, 5.41) is 13.7. The summed E-state index contributed by atoms with van der Waals surface area (Å²) in [6, 6.07) is 13.0. The molecule has 2 aromatic carbocycles. The Kier molecular flexibility index (Phi) is 7.78. The molecule has 0 aromatic heterocycles. The molecule has 0 unspecified atom stereocenters. The predicted octanol–water partition coefficient (Wildman–Crippen LogP) is 1.51. The molecule has 0 bridgehead atoms. The van der Waals surface area contributed by atoms with Gasteiger partial charge in [0.1, 0.15) is 6.54 Å². The zero-order valence-corrected chi connectivity index (χ0v) is 18.6. The molecule has 1 N–H and O–H groups in total. The molecule has 3 rings (SSSR count). The fourth-order valence-electron chi connectivity index (χ4n) is 3.33. The second kappa shape index (κ2) is 10.5. The van der Waals surface area contributed by atoms with Crippen LogP contribution < -0.4 is 9.62 Å². The molecule has 32 heavy (non-hydrogen) atoms. The van der Waals surface area contributed by atoms with Gasteiger partial charge in [0.2, 0.25) is 15.9 Å². The lowest BCUT2D eigenvalue weighted by atomic mass is 10.1. The van der Waals surface area contributed by atoms with Crippen molar-refractivity contribution in [2.75, 3.05) is 43.4 Å². The molecule has 0 atom stereocenters. The normalized spacial score (nSPS) is 14.7. The number of carbonyl (C=O) groups excluding carboxylic acids is 1. The minimum atomic E-state index is -3.82. The Morgan fingerprint density at radius 1 is 1.16 bits per heavy atom. The summed E-state index contributed by atoms with van der Waals surface area (Å²) in [6.45, 7) is 3.88. The third kappa shape index (κ3) is 6.74. The van der Waals surface area contributed by atoms with E-state index in [1.54, 1.807) is 0 Å². The van der Waals surface area contributed by atoms with Crippen LogP contribution in [0.15, 0.2) is 48.5 Å². The van der Waals surface area contributed by atoms with Crippen molar-refractivity contribution in [2.45, 2.75) is 13.1 Å². The fourth-order valence-corrected chi connectivity index (χ4v) is 4.18. The van der Waals surface area contributed by atoms with Crippen molar-refractivity contribution in [1.29, 1.82) is 0 Å². The largest absolute Gasteiger partial charge is 0.379 e. The van der Waals surface area contributed by atoms with Gasteiger partial charge in [0.25, 0.3) is 5.69 Å². The van der Waals surface area contributed by atoms with Crippen molar-refractivity contribution in [3.63, 3.8) is 0 Å². The predicted molar refractivity (Wildman–Crippen MR) is 120 cm³/mol. The number of hydrogen-bond acceptors (Lipinski definition) is 7. The molecule has 0 saturated carbocycles. The van der Waals surface area contributed by atoms with E-state index in [4.69, 9.17) is 4.74 Å². The lowest BCUT2D eigenvalue weighted by molar-refractivity contribution is -0.384. The van der Waals surface area contributed by atoms with Crippen molar-refractivity contribution in [1.82, 2.24) is 10.2 Å². The molecule has 0 aliphatic carbocycles. The highest BCUT2D eigenvalue weighted by Gasteiger charge is 2.22. The number of carbonyl (C=O) groups is 1. The lowest BCUT2D eigenvalue weighted by Crippen LogP contribution is -2.40. The number of non-ortho nitro benzene ring substituents is 1. The Morgan fingerprint density at radius 2 is 1.81 bits per heavy atom. The van der Waals surface area contributed by atoms with Crippen molar-refractivity contribution in [2.24, 2.45) is 0 Å². The number of sulfonamides is 1. The summed E-state index contributed by atoms with van der Waals surface area (Å²) in [5.41, 5.74) is 1.85. The SMILES string of the molecule is CS(=O)(=O)N(CC(=O)NCc1ccc(CN2CCOCC2)cc1)c1cccc([N+](=O)[O-])c1. The van der Waals surface area contributed by atoms with Crippen LogP contribution >= 0.6 is 0 Å². The zero-order chi connectivity index (χ0) is 23.1. The first-order valence-corrected chi connectivity index (χ1v) is 11.9. The Balaban J connectivity index is 1.58.